The molecule has 2 amide bonds. The summed E-state index contributed by atoms with van der Waals surface area (Å²) in [4.78, 5) is 39.8. The topological polar surface area (TPSA) is 138 Å². The van der Waals surface area contributed by atoms with E-state index in [9.17, 15) is 9.59 Å². The highest BCUT2D eigenvalue weighted by atomic mass is 35.5. The predicted molar refractivity (Wildman–Crippen MR) is 140 cm³/mol. The number of nitrogens with two attached hydrogens (primary N) is 1. The lowest BCUT2D eigenvalue weighted by Crippen LogP contribution is -2.42. The Hall–Kier alpha value is -3.28. The fraction of sp³-hybridized carbons (Fsp3) is 0.348. The Kier molecular flexibility index (Phi) is 8.60. The number of aryl methyl sites for hydroxylation is 2. The second kappa shape index (κ2) is 11.4. The number of rotatable bonds is 8. The minimum Gasteiger partial charge on any atom is -0.368 e. The van der Waals surface area contributed by atoms with E-state index in [1.54, 1.807) is 19.1 Å². The van der Waals surface area contributed by atoms with Crippen molar-refractivity contribution in [3.8, 4) is 0 Å². The number of benzene rings is 1. The SMILES string of the molecule is C.Cc1nc(NCN2CCC[C@H]2C(N)=O)cc(Nc2ncc(C(=O)Nc3c(C)cccc3Cl)s2)n1. The van der Waals surface area contributed by atoms with Gasteiger partial charge in [-0.2, -0.15) is 0 Å². The number of hydrogen-bond acceptors (Lipinski definition) is 9. The van der Waals surface area contributed by atoms with E-state index >= 15 is 0 Å². The number of aromatic nitrogens is 3. The molecule has 1 atom stereocenters. The fourth-order valence-electron chi connectivity index (χ4n) is 3.75. The number of carbonyl (C=O) groups excluding carboxylic acids is 2. The number of nitrogens with zero attached hydrogens (tertiary/aromatic N) is 4. The first-order valence-electron chi connectivity index (χ1n) is 10.7. The Morgan fingerprint density at radius 3 is 2.77 bits per heavy atom. The summed E-state index contributed by atoms with van der Waals surface area (Å²) in [5.74, 6) is 1.09. The molecule has 3 aromatic rings. The third kappa shape index (κ3) is 6.44. The molecule has 1 aliphatic rings. The van der Waals surface area contributed by atoms with Crippen molar-refractivity contribution in [2.45, 2.75) is 40.2 Å². The molecule has 0 radical (unpaired) electrons. The summed E-state index contributed by atoms with van der Waals surface area (Å²) >= 11 is 7.41. The van der Waals surface area contributed by atoms with Gasteiger partial charge < -0.3 is 21.7 Å². The monoisotopic (exact) mass is 516 g/mol. The molecule has 2 aromatic heterocycles. The lowest BCUT2D eigenvalue weighted by molar-refractivity contribution is -0.122. The molecule has 3 heterocycles. The first kappa shape index (κ1) is 26.3. The first-order valence-corrected chi connectivity index (χ1v) is 11.9. The molecular formula is C23H29ClN8O2S. The van der Waals surface area contributed by atoms with Crippen LogP contribution >= 0.6 is 22.9 Å². The molecule has 4 rings (SSSR count). The molecule has 35 heavy (non-hydrogen) atoms. The van der Waals surface area contributed by atoms with Gasteiger partial charge >= 0.3 is 0 Å². The Balaban J connectivity index is 0.00000342. The van der Waals surface area contributed by atoms with Crippen LogP contribution in [0.2, 0.25) is 5.02 Å². The molecule has 0 saturated carbocycles. The second-order valence-electron chi connectivity index (χ2n) is 7.93. The third-order valence-electron chi connectivity index (χ3n) is 5.42. The van der Waals surface area contributed by atoms with E-state index in [2.05, 4.69) is 30.9 Å². The maximum absolute atomic E-state index is 12.7. The summed E-state index contributed by atoms with van der Waals surface area (Å²) < 4.78 is 0. The molecule has 1 fully saturated rings. The van der Waals surface area contributed by atoms with Crippen molar-refractivity contribution in [3.63, 3.8) is 0 Å². The zero-order chi connectivity index (χ0) is 24.2. The van der Waals surface area contributed by atoms with E-state index in [1.165, 1.54) is 17.5 Å². The Bertz CT molecular complexity index is 1200. The standard InChI is InChI=1S/C22H25ClN8O2S.CH4/c1-12-5-3-6-14(23)19(12)30-21(33)16-10-25-22(34-16)29-18-9-17(27-13(2)28-18)26-11-31-8-4-7-15(31)20(24)32;/h3,5-6,9-10,15H,4,7-8,11H2,1-2H3,(H2,24,32)(H,30,33)(H2,25,26,27,28,29);1H4/t15-;/m0./s1. The average Bonchev–Trinajstić information content (AvgIpc) is 3.44. The van der Waals surface area contributed by atoms with Crippen molar-refractivity contribution < 1.29 is 9.59 Å². The number of halogens is 1. The first-order chi connectivity index (χ1) is 16.3. The average molecular weight is 517 g/mol. The summed E-state index contributed by atoms with van der Waals surface area (Å²) in [5.41, 5.74) is 6.94. The van der Waals surface area contributed by atoms with E-state index in [0.29, 0.717) is 44.8 Å². The van der Waals surface area contributed by atoms with Crippen molar-refractivity contribution in [1.82, 2.24) is 19.9 Å². The van der Waals surface area contributed by atoms with Gasteiger partial charge in [0.05, 0.1) is 29.6 Å². The summed E-state index contributed by atoms with van der Waals surface area (Å²) in [6.45, 7) is 4.91. The van der Waals surface area contributed by atoms with Crippen LogP contribution in [0.15, 0.2) is 30.5 Å². The van der Waals surface area contributed by atoms with Gasteiger partial charge in [-0.05, 0) is 38.3 Å². The van der Waals surface area contributed by atoms with Gasteiger partial charge in [-0.25, -0.2) is 15.0 Å². The fourth-order valence-corrected chi connectivity index (χ4v) is 4.74. The van der Waals surface area contributed by atoms with Crippen LogP contribution in [0, 0.1) is 13.8 Å². The normalized spacial score (nSPS) is 15.3. The van der Waals surface area contributed by atoms with Gasteiger partial charge in [-0.3, -0.25) is 14.5 Å². The van der Waals surface area contributed by atoms with E-state index < -0.39 is 0 Å². The number of likely N-dealkylation sites (tertiary alicyclic amines) is 1. The van der Waals surface area contributed by atoms with Crippen LogP contribution in [0.3, 0.4) is 0 Å². The quantitative estimate of drug-likeness (QED) is 0.350. The molecule has 1 saturated heterocycles. The Morgan fingerprint density at radius 1 is 1.26 bits per heavy atom. The molecule has 1 aromatic carbocycles. The summed E-state index contributed by atoms with van der Waals surface area (Å²) in [7, 11) is 0. The Labute approximate surface area is 213 Å². The number of anilines is 4. The lowest BCUT2D eigenvalue weighted by atomic mass is 10.2. The van der Waals surface area contributed by atoms with Gasteiger partial charge in [0.2, 0.25) is 5.91 Å². The number of carbonyl (C=O) groups is 2. The number of thiazole rings is 1. The summed E-state index contributed by atoms with van der Waals surface area (Å²) in [6, 6.07) is 6.92. The molecule has 1 aliphatic heterocycles. The number of primary amides is 1. The van der Waals surface area contributed by atoms with Gasteiger partial charge in [0.1, 0.15) is 22.3 Å². The molecule has 0 unspecified atom stereocenters. The van der Waals surface area contributed by atoms with E-state index in [-0.39, 0.29) is 25.3 Å². The highest BCUT2D eigenvalue weighted by Crippen LogP contribution is 2.28. The zero-order valence-electron chi connectivity index (χ0n) is 18.8. The molecule has 12 heteroatoms. The van der Waals surface area contributed by atoms with Gasteiger partial charge in [-0.1, -0.05) is 42.5 Å². The minimum atomic E-state index is -0.311. The van der Waals surface area contributed by atoms with Crippen LogP contribution in [0.4, 0.5) is 22.5 Å². The Morgan fingerprint density at radius 2 is 2.03 bits per heavy atom. The molecule has 186 valence electrons. The molecule has 0 aliphatic carbocycles. The van der Waals surface area contributed by atoms with Crippen molar-refractivity contribution in [3.05, 3.63) is 51.7 Å². The third-order valence-corrected chi connectivity index (χ3v) is 6.64. The number of para-hydroxylation sites is 1. The molecule has 0 bridgehead atoms. The number of amides is 2. The smallest absolute Gasteiger partial charge is 0.267 e. The van der Waals surface area contributed by atoms with Gasteiger partial charge in [0.25, 0.3) is 5.91 Å². The maximum atomic E-state index is 12.7. The van der Waals surface area contributed by atoms with E-state index in [1.807, 2.05) is 24.0 Å². The van der Waals surface area contributed by atoms with Crippen molar-refractivity contribution in [2.24, 2.45) is 5.73 Å². The summed E-state index contributed by atoms with van der Waals surface area (Å²) in [5, 5.41) is 10.2. The van der Waals surface area contributed by atoms with Crippen molar-refractivity contribution >= 4 is 57.2 Å². The van der Waals surface area contributed by atoms with Gasteiger partial charge in [0.15, 0.2) is 5.13 Å². The van der Waals surface area contributed by atoms with Crippen LogP contribution in [0.5, 0.6) is 0 Å². The molecular weight excluding hydrogens is 488 g/mol. The van der Waals surface area contributed by atoms with E-state index in [4.69, 9.17) is 17.3 Å². The molecule has 0 spiro atoms. The number of nitrogens with one attached hydrogen (secondary N) is 3. The van der Waals surface area contributed by atoms with Crippen molar-refractivity contribution in [2.75, 3.05) is 29.2 Å². The number of hydrogen-bond donors (Lipinski definition) is 4. The largest absolute Gasteiger partial charge is 0.368 e. The predicted octanol–water partition coefficient (Wildman–Crippen LogP) is 4.15. The van der Waals surface area contributed by atoms with Crippen LogP contribution in [-0.4, -0.2) is 50.9 Å². The van der Waals surface area contributed by atoms with Crippen molar-refractivity contribution in [1.29, 1.82) is 0 Å². The highest BCUT2D eigenvalue weighted by Gasteiger charge is 2.28. The maximum Gasteiger partial charge on any atom is 0.267 e. The highest BCUT2D eigenvalue weighted by molar-refractivity contribution is 7.17. The second-order valence-corrected chi connectivity index (χ2v) is 9.37. The van der Waals surface area contributed by atoms with Gasteiger partial charge in [-0.15, -0.1) is 0 Å². The minimum absolute atomic E-state index is 0. The summed E-state index contributed by atoms with van der Waals surface area (Å²) in [6.07, 6.45) is 3.20. The van der Waals surface area contributed by atoms with Crippen LogP contribution in [0.1, 0.15) is 41.3 Å². The lowest BCUT2D eigenvalue weighted by Gasteiger charge is -2.22. The van der Waals surface area contributed by atoms with E-state index in [0.717, 1.165) is 24.9 Å². The zero-order valence-corrected chi connectivity index (χ0v) is 20.3. The van der Waals surface area contributed by atoms with Crippen LogP contribution in [-0.2, 0) is 4.79 Å². The van der Waals surface area contributed by atoms with Crippen LogP contribution < -0.4 is 21.7 Å². The molecule has 5 N–H and O–H groups in total. The molecule has 10 nitrogen and oxygen atoms in total. The van der Waals surface area contributed by atoms with Crippen LogP contribution in [0.25, 0.3) is 0 Å². The van der Waals surface area contributed by atoms with Gasteiger partial charge in [0, 0.05) is 12.6 Å².